The number of aliphatic hydroxyl groups is 1. The van der Waals surface area contributed by atoms with Gasteiger partial charge in [-0.25, -0.2) is 9.37 Å². The zero-order chi connectivity index (χ0) is 23.8. The van der Waals surface area contributed by atoms with Crippen LogP contribution in [-0.2, 0) is 4.79 Å². The van der Waals surface area contributed by atoms with Crippen LogP contribution in [-0.4, -0.2) is 50.7 Å². The summed E-state index contributed by atoms with van der Waals surface area (Å²) in [5.74, 6) is -1.16. The van der Waals surface area contributed by atoms with E-state index in [4.69, 9.17) is 16.3 Å². The third-order valence-corrected chi connectivity index (χ3v) is 6.94. The van der Waals surface area contributed by atoms with Crippen LogP contribution < -0.4 is 15.4 Å². The Morgan fingerprint density at radius 3 is 2.61 bits per heavy atom. The average Bonchev–Trinajstić information content (AvgIpc) is 2.75. The van der Waals surface area contributed by atoms with Gasteiger partial charge in [0.05, 0.1) is 28.1 Å². The normalized spacial score (nSPS) is 26.0. The van der Waals surface area contributed by atoms with Crippen LogP contribution in [0.4, 0.5) is 4.39 Å². The summed E-state index contributed by atoms with van der Waals surface area (Å²) in [5, 5.41) is 16.8. The molecule has 3 aliphatic carbocycles. The van der Waals surface area contributed by atoms with Crippen LogP contribution in [0.5, 0.6) is 5.75 Å². The van der Waals surface area contributed by atoms with E-state index < -0.39 is 28.9 Å². The topological polar surface area (TPSA) is 113 Å². The van der Waals surface area contributed by atoms with Gasteiger partial charge in [-0.05, 0) is 58.1 Å². The number of hydrogen-bond donors (Lipinski definition) is 3. The van der Waals surface area contributed by atoms with Crippen LogP contribution in [0.1, 0.15) is 54.0 Å². The highest BCUT2D eigenvalue weighted by molar-refractivity contribution is 6.30. The second kappa shape index (κ2) is 8.87. The molecule has 2 bridgehead atoms. The first-order chi connectivity index (χ1) is 15.6. The van der Waals surface area contributed by atoms with Gasteiger partial charge in [-0.1, -0.05) is 11.6 Å². The van der Waals surface area contributed by atoms with Crippen molar-refractivity contribution in [3.05, 3.63) is 52.3 Å². The van der Waals surface area contributed by atoms with E-state index in [-0.39, 0.29) is 29.0 Å². The van der Waals surface area contributed by atoms with E-state index in [9.17, 15) is 19.1 Å². The van der Waals surface area contributed by atoms with Crippen molar-refractivity contribution in [1.82, 2.24) is 20.6 Å². The van der Waals surface area contributed by atoms with Gasteiger partial charge < -0.3 is 20.5 Å². The molecule has 0 spiro atoms. The summed E-state index contributed by atoms with van der Waals surface area (Å²) in [6, 6.07) is 3.94. The zero-order valence-corrected chi connectivity index (χ0v) is 19.2. The minimum Gasteiger partial charge on any atom is -0.484 e. The summed E-state index contributed by atoms with van der Waals surface area (Å²) in [4.78, 5) is 33.9. The smallest absolute Gasteiger partial charge is 0.272 e. The van der Waals surface area contributed by atoms with Crippen LogP contribution in [0.25, 0.3) is 0 Å². The van der Waals surface area contributed by atoms with Crippen molar-refractivity contribution in [2.24, 2.45) is 0 Å². The Labute approximate surface area is 195 Å². The van der Waals surface area contributed by atoms with Crippen LogP contribution in [0, 0.1) is 19.7 Å². The number of amides is 2. The predicted octanol–water partition coefficient (Wildman–Crippen LogP) is 2.63. The number of rotatable bonds is 6. The third-order valence-electron chi connectivity index (χ3n) is 6.63. The standard InChI is InChI=1S/C23H26ClFN4O4/c1-13-11-26-20(14(2)27-13)21(32)29-22-5-7-23(8-6-22,18(30)10-22)28-19(31)12-33-15-3-4-16(24)17(25)9-15/h3-4,9,11,18,30H,5-8,10,12H2,1-2H3,(H,28,31)(H,29,32). The number of aryl methyl sites for hydroxylation is 2. The summed E-state index contributed by atoms with van der Waals surface area (Å²) >= 11 is 5.65. The Balaban J connectivity index is 1.36. The van der Waals surface area contributed by atoms with Crippen molar-refractivity contribution >= 4 is 23.4 Å². The molecule has 2 aromatic rings. The second-order valence-electron chi connectivity index (χ2n) is 8.97. The Morgan fingerprint density at radius 2 is 1.97 bits per heavy atom. The van der Waals surface area contributed by atoms with Gasteiger partial charge in [-0.2, -0.15) is 0 Å². The predicted molar refractivity (Wildman–Crippen MR) is 119 cm³/mol. The molecule has 3 saturated carbocycles. The molecular formula is C23H26ClFN4O4. The summed E-state index contributed by atoms with van der Waals surface area (Å²) in [6.07, 6.45) is 3.28. The highest BCUT2D eigenvalue weighted by Gasteiger charge is 2.55. The van der Waals surface area contributed by atoms with Crippen LogP contribution in [0.2, 0.25) is 5.02 Å². The van der Waals surface area contributed by atoms with E-state index in [1.165, 1.54) is 12.1 Å². The maximum Gasteiger partial charge on any atom is 0.272 e. The van der Waals surface area contributed by atoms with Gasteiger partial charge in [0.1, 0.15) is 17.3 Å². The number of ether oxygens (including phenoxy) is 1. The minimum atomic E-state index is -0.831. The van der Waals surface area contributed by atoms with Crippen molar-refractivity contribution in [2.45, 2.75) is 63.1 Å². The van der Waals surface area contributed by atoms with Gasteiger partial charge in [-0.15, -0.1) is 0 Å². The molecule has 1 heterocycles. The zero-order valence-electron chi connectivity index (χ0n) is 18.5. The molecule has 3 fully saturated rings. The van der Waals surface area contributed by atoms with Crippen LogP contribution >= 0.6 is 11.6 Å². The molecule has 2 amide bonds. The van der Waals surface area contributed by atoms with Crippen molar-refractivity contribution in [3.63, 3.8) is 0 Å². The van der Waals surface area contributed by atoms with Gasteiger partial charge in [0.15, 0.2) is 6.61 Å². The lowest BCUT2D eigenvalue weighted by Gasteiger charge is -2.56. The fourth-order valence-electron chi connectivity index (χ4n) is 4.81. The number of nitrogens with zero attached hydrogens (tertiary/aromatic N) is 2. The fraction of sp³-hybridized carbons (Fsp3) is 0.478. The summed E-state index contributed by atoms with van der Waals surface area (Å²) in [5.41, 5.74) is 0.227. The van der Waals surface area contributed by atoms with E-state index in [2.05, 4.69) is 20.6 Å². The quantitative estimate of drug-likeness (QED) is 0.590. The number of hydrogen-bond acceptors (Lipinski definition) is 6. The summed E-state index contributed by atoms with van der Waals surface area (Å²) in [7, 11) is 0. The molecule has 10 heteroatoms. The SMILES string of the molecule is Cc1cnc(C(=O)NC23CCC(NC(=O)COc4ccc(Cl)c(F)c4)(CC2)C(O)C3)c(C)n1. The lowest BCUT2D eigenvalue weighted by Crippen LogP contribution is -2.70. The molecule has 176 valence electrons. The van der Waals surface area contributed by atoms with E-state index in [1.54, 1.807) is 13.1 Å². The van der Waals surface area contributed by atoms with Crippen molar-refractivity contribution in [2.75, 3.05) is 6.61 Å². The molecule has 1 aromatic carbocycles. The molecule has 1 aromatic heterocycles. The number of aromatic nitrogens is 2. The molecule has 0 aliphatic heterocycles. The molecule has 8 nitrogen and oxygen atoms in total. The Bertz CT molecular complexity index is 1090. The first-order valence-electron chi connectivity index (χ1n) is 10.8. The number of carbonyl (C=O) groups excluding carboxylic acids is 2. The van der Waals surface area contributed by atoms with Crippen molar-refractivity contribution < 1.29 is 23.8 Å². The molecule has 3 aliphatic rings. The number of carbonyl (C=O) groups is 2. The van der Waals surface area contributed by atoms with Gasteiger partial charge in [0, 0.05) is 17.8 Å². The lowest BCUT2D eigenvalue weighted by atomic mass is 9.60. The Hall–Kier alpha value is -2.78. The van der Waals surface area contributed by atoms with Gasteiger partial charge in [0.2, 0.25) is 0 Å². The highest BCUT2D eigenvalue weighted by Crippen LogP contribution is 2.47. The highest BCUT2D eigenvalue weighted by atomic mass is 35.5. The molecule has 0 saturated heterocycles. The van der Waals surface area contributed by atoms with Crippen LogP contribution in [0.3, 0.4) is 0 Å². The summed E-state index contributed by atoms with van der Waals surface area (Å²) < 4.78 is 18.9. The van der Waals surface area contributed by atoms with Gasteiger partial charge in [0.25, 0.3) is 11.8 Å². The number of aliphatic hydroxyl groups excluding tert-OH is 1. The second-order valence-corrected chi connectivity index (χ2v) is 9.38. The average molecular weight is 477 g/mol. The van der Waals surface area contributed by atoms with Crippen molar-refractivity contribution in [1.29, 1.82) is 0 Å². The maximum absolute atomic E-state index is 13.5. The molecule has 0 radical (unpaired) electrons. The molecule has 33 heavy (non-hydrogen) atoms. The van der Waals surface area contributed by atoms with Crippen molar-refractivity contribution in [3.8, 4) is 5.75 Å². The fourth-order valence-corrected chi connectivity index (χ4v) is 4.93. The Morgan fingerprint density at radius 1 is 1.24 bits per heavy atom. The summed E-state index contributed by atoms with van der Waals surface area (Å²) in [6.45, 7) is 3.23. The monoisotopic (exact) mass is 476 g/mol. The number of halogens is 2. The van der Waals surface area contributed by atoms with E-state index in [0.717, 1.165) is 11.8 Å². The molecule has 1 atom stereocenters. The largest absolute Gasteiger partial charge is 0.484 e. The lowest BCUT2D eigenvalue weighted by molar-refractivity contribution is -0.132. The Kier molecular flexibility index (Phi) is 6.28. The van der Waals surface area contributed by atoms with Gasteiger partial charge in [-0.3, -0.25) is 14.6 Å². The van der Waals surface area contributed by atoms with E-state index >= 15 is 0 Å². The molecular weight excluding hydrogens is 451 g/mol. The van der Waals surface area contributed by atoms with E-state index in [0.29, 0.717) is 37.8 Å². The minimum absolute atomic E-state index is 0.0293. The first kappa shape index (κ1) is 23.4. The first-order valence-corrected chi connectivity index (χ1v) is 11.2. The number of benzene rings is 1. The van der Waals surface area contributed by atoms with Gasteiger partial charge >= 0.3 is 0 Å². The van der Waals surface area contributed by atoms with E-state index in [1.807, 2.05) is 6.92 Å². The maximum atomic E-state index is 13.5. The number of fused-ring (bicyclic) bond motifs is 3. The molecule has 1 unspecified atom stereocenters. The third kappa shape index (κ3) is 4.79. The number of nitrogens with one attached hydrogen (secondary N) is 2. The molecule has 3 N–H and O–H groups in total. The molecule has 5 rings (SSSR count). The van der Waals surface area contributed by atoms with Crippen LogP contribution in [0.15, 0.2) is 24.4 Å².